The third-order valence-corrected chi connectivity index (χ3v) is 4.18. The number of aliphatic carboxylic acids is 1. The average molecular weight is 270 g/mol. The van der Waals surface area contributed by atoms with E-state index in [1.807, 2.05) is 6.92 Å². The zero-order valence-electron chi connectivity index (χ0n) is 12.2. The van der Waals surface area contributed by atoms with E-state index in [9.17, 15) is 14.7 Å². The van der Waals surface area contributed by atoms with Gasteiger partial charge >= 0.3 is 12.0 Å². The van der Waals surface area contributed by atoms with Crippen molar-refractivity contribution in [2.45, 2.75) is 58.4 Å². The first-order valence-electron chi connectivity index (χ1n) is 7.18. The first kappa shape index (κ1) is 15.8. The number of nitrogens with one attached hydrogen (secondary N) is 2. The summed E-state index contributed by atoms with van der Waals surface area (Å²) in [7, 11) is 0. The van der Waals surface area contributed by atoms with Gasteiger partial charge in [-0.2, -0.15) is 0 Å². The van der Waals surface area contributed by atoms with Crippen LogP contribution in [0.15, 0.2) is 0 Å². The number of amides is 2. The van der Waals surface area contributed by atoms with E-state index in [0.29, 0.717) is 31.2 Å². The second-order valence-electron chi connectivity index (χ2n) is 5.89. The summed E-state index contributed by atoms with van der Waals surface area (Å²) in [5.74, 6) is 0.175. The molecule has 19 heavy (non-hydrogen) atoms. The van der Waals surface area contributed by atoms with Crippen molar-refractivity contribution in [3.63, 3.8) is 0 Å². The van der Waals surface area contributed by atoms with Crippen LogP contribution in [0.25, 0.3) is 0 Å². The molecule has 3 N–H and O–H groups in total. The Morgan fingerprint density at radius 1 is 1.37 bits per heavy atom. The molecule has 0 aliphatic heterocycles. The summed E-state index contributed by atoms with van der Waals surface area (Å²) < 4.78 is 0. The summed E-state index contributed by atoms with van der Waals surface area (Å²) in [6.07, 6.45) is 4.72. The minimum atomic E-state index is -1.18. The van der Waals surface area contributed by atoms with Gasteiger partial charge < -0.3 is 15.7 Å². The maximum absolute atomic E-state index is 11.8. The molecule has 1 rings (SSSR count). The molecule has 0 spiro atoms. The van der Waals surface area contributed by atoms with Crippen molar-refractivity contribution in [2.24, 2.45) is 11.8 Å². The summed E-state index contributed by atoms with van der Waals surface area (Å²) in [6.45, 7) is 6.29. The summed E-state index contributed by atoms with van der Waals surface area (Å²) in [6, 6.07) is -0.377. The smallest absolute Gasteiger partial charge is 0.329 e. The largest absolute Gasteiger partial charge is 0.480 e. The third kappa shape index (κ3) is 4.40. The van der Waals surface area contributed by atoms with Crippen LogP contribution < -0.4 is 10.6 Å². The summed E-state index contributed by atoms with van der Waals surface area (Å²) >= 11 is 0. The molecule has 3 atom stereocenters. The summed E-state index contributed by atoms with van der Waals surface area (Å²) in [5.41, 5.74) is -1.18. The van der Waals surface area contributed by atoms with Crippen molar-refractivity contribution in [3.05, 3.63) is 0 Å². The predicted octanol–water partition coefficient (Wildman–Crippen LogP) is 2.37. The van der Waals surface area contributed by atoms with E-state index < -0.39 is 11.5 Å². The maximum Gasteiger partial charge on any atom is 0.329 e. The lowest BCUT2D eigenvalue weighted by molar-refractivity contribution is -0.144. The minimum absolute atomic E-state index is 0.377. The zero-order chi connectivity index (χ0) is 14.5. The Bertz CT molecular complexity index is 333. The molecule has 1 aliphatic carbocycles. The molecule has 0 radical (unpaired) electrons. The van der Waals surface area contributed by atoms with Gasteiger partial charge in [0.05, 0.1) is 0 Å². The van der Waals surface area contributed by atoms with Crippen LogP contribution in [0.2, 0.25) is 0 Å². The number of rotatable bonds is 6. The molecule has 0 saturated heterocycles. The molecular weight excluding hydrogens is 244 g/mol. The van der Waals surface area contributed by atoms with Crippen LogP contribution in [-0.2, 0) is 4.79 Å². The Morgan fingerprint density at radius 3 is 2.53 bits per heavy atom. The molecule has 110 valence electrons. The van der Waals surface area contributed by atoms with Crippen LogP contribution in [0.4, 0.5) is 4.79 Å². The van der Waals surface area contributed by atoms with Gasteiger partial charge in [-0.15, -0.1) is 0 Å². The van der Waals surface area contributed by atoms with Crippen molar-refractivity contribution in [2.75, 3.05) is 6.54 Å². The minimum Gasteiger partial charge on any atom is -0.480 e. The fourth-order valence-corrected chi connectivity index (χ4v) is 2.77. The molecular formula is C14H26N2O3. The highest BCUT2D eigenvalue weighted by molar-refractivity contribution is 5.85. The molecule has 1 fully saturated rings. The van der Waals surface area contributed by atoms with Crippen molar-refractivity contribution in [1.82, 2.24) is 10.6 Å². The number of carbonyl (C=O) groups is 2. The van der Waals surface area contributed by atoms with Crippen LogP contribution >= 0.6 is 0 Å². The van der Waals surface area contributed by atoms with E-state index in [2.05, 4.69) is 17.6 Å². The standard InChI is InChI=1S/C14H26N2O3/c1-4-8-14(3,12(17)18)16-13(19)15-9-11-7-5-6-10(11)2/h10-11H,4-9H2,1-3H3,(H,17,18)(H2,15,16,19). The lowest BCUT2D eigenvalue weighted by Crippen LogP contribution is -2.55. The SMILES string of the molecule is CCCC(C)(NC(=O)NCC1CCCC1C)C(=O)O. The number of carboxylic acids is 1. The predicted molar refractivity (Wildman–Crippen MR) is 74.0 cm³/mol. The van der Waals surface area contributed by atoms with Gasteiger partial charge in [0.15, 0.2) is 0 Å². The number of carboxylic acid groups (broad SMARTS) is 1. The first-order valence-corrected chi connectivity index (χ1v) is 7.18. The Labute approximate surface area is 115 Å². The normalized spacial score (nSPS) is 25.6. The number of hydrogen-bond donors (Lipinski definition) is 3. The second kappa shape index (κ2) is 6.78. The third-order valence-electron chi connectivity index (χ3n) is 4.18. The maximum atomic E-state index is 11.8. The number of hydrogen-bond acceptors (Lipinski definition) is 2. The summed E-state index contributed by atoms with van der Waals surface area (Å²) in [5, 5.41) is 14.6. The topological polar surface area (TPSA) is 78.4 Å². The first-order chi connectivity index (χ1) is 8.89. The van der Waals surface area contributed by atoms with E-state index in [1.165, 1.54) is 12.8 Å². The Hall–Kier alpha value is -1.26. The van der Waals surface area contributed by atoms with Gasteiger partial charge in [0.2, 0.25) is 0 Å². The Balaban J connectivity index is 2.42. The monoisotopic (exact) mass is 270 g/mol. The van der Waals surface area contributed by atoms with Gasteiger partial charge in [-0.25, -0.2) is 9.59 Å². The van der Waals surface area contributed by atoms with Gasteiger partial charge in [0.1, 0.15) is 5.54 Å². The highest BCUT2D eigenvalue weighted by Gasteiger charge is 2.34. The lowest BCUT2D eigenvalue weighted by Gasteiger charge is -2.26. The molecule has 0 aromatic heterocycles. The van der Waals surface area contributed by atoms with Gasteiger partial charge in [-0.05, 0) is 31.6 Å². The molecule has 0 aromatic rings. The van der Waals surface area contributed by atoms with Gasteiger partial charge in [-0.3, -0.25) is 0 Å². The number of carbonyl (C=O) groups excluding carboxylic acids is 1. The van der Waals surface area contributed by atoms with E-state index in [-0.39, 0.29) is 6.03 Å². The quantitative estimate of drug-likeness (QED) is 0.693. The van der Waals surface area contributed by atoms with Crippen molar-refractivity contribution in [3.8, 4) is 0 Å². The van der Waals surface area contributed by atoms with Crippen molar-refractivity contribution < 1.29 is 14.7 Å². The zero-order valence-corrected chi connectivity index (χ0v) is 12.2. The van der Waals surface area contributed by atoms with Gasteiger partial charge in [0, 0.05) is 6.54 Å². The van der Waals surface area contributed by atoms with E-state index in [1.54, 1.807) is 6.92 Å². The lowest BCUT2D eigenvalue weighted by atomic mass is 9.96. The number of urea groups is 1. The molecule has 0 heterocycles. The van der Waals surface area contributed by atoms with Crippen molar-refractivity contribution >= 4 is 12.0 Å². The van der Waals surface area contributed by atoms with Gasteiger partial charge in [-0.1, -0.05) is 33.1 Å². The molecule has 2 amide bonds. The van der Waals surface area contributed by atoms with Crippen LogP contribution in [0.5, 0.6) is 0 Å². The highest BCUT2D eigenvalue weighted by Crippen LogP contribution is 2.30. The van der Waals surface area contributed by atoms with Crippen LogP contribution in [0.1, 0.15) is 52.9 Å². The van der Waals surface area contributed by atoms with E-state index in [0.717, 1.165) is 6.42 Å². The second-order valence-corrected chi connectivity index (χ2v) is 5.89. The molecule has 1 aliphatic rings. The van der Waals surface area contributed by atoms with Crippen molar-refractivity contribution in [1.29, 1.82) is 0 Å². The molecule has 1 saturated carbocycles. The van der Waals surface area contributed by atoms with Gasteiger partial charge in [0.25, 0.3) is 0 Å². The fraction of sp³-hybridized carbons (Fsp3) is 0.857. The van der Waals surface area contributed by atoms with E-state index in [4.69, 9.17) is 0 Å². The molecule has 3 unspecified atom stereocenters. The fourth-order valence-electron chi connectivity index (χ4n) is 2.77. The Kier molecular flexibility index (Phi) is 5.63. The van der Waals surface area contributed by atoms with E-state index >= 15 is 0 Å². The van der Waals surface area contributed by atoms with Crippen LogP contribution in [0.3, 0.4) is 0 Å². The Morgan fingerprint density at radius 2 is 2.05 bits per heavy atom. The van der Waals surface area contributed by atoms with Crippen LogP contribution in [0, 0.1) is 11.8 Å². The molecule has 0 aromatic carbocycles. The average Bonchev–Trinajstić information content (AvgIpc) is 2.72. The molecule has 5 nitrogen and oxygen atoms in total. The molecule has 5 heteroatoms. The summed E-state index contributed by atoms with van der Waals surface area (Å²) in [4.78, 5) is 23.0. The highest BCUT2D eigenvalue weighted by atomic mass is 16.4. The van der Waals surface area contributed by atoms with Crippen LogP contribution in [-0.4, -0.2) is 29.2 Å². The molecule has 0 bridgehead atoms.